The molecule has 0 aliphatic rings. The molecule has 10 heteroatoms. The van der Waals surface area contributed by atoms with Crippen LogP contribution in [0.5, 0.6) is 0 Å². The average Bonchev–Trinajstić information content (AvgIpc) is 2.63. The number of alkyl halides is 3. The van der Waals surface area contributed by atoms with Crippen LogP contribution in [0, 0.1) is 5.82 Å². The lowest BCUT2D eigenvalue weighted by atomic mass is 10.1. The number of carbonyl (C=O) groups excluding carboxylic acids is 1. The summed E-state index contributed by atoms with van der Waals surface area (Å²) in [6.45, 7) is 0.460. The van der Waals surface area contributed by atoms with Gasteiger partial charge in [-0.25, -0.2) is 4.39 Å². The van der Waals surface area contributed by atoms with Gasteiger partial charge in [-0.15, -0.1) is 24.0 Å². The van der Waals surface area contributed by atoms with Gasteiger partial charge in [-0.05, 0) is 30.5 Å². The van der Waals surface area contributed by atoms with Crippen LogP contribution in [0.3, 0.4) is 0 Å². The molecular weight excluding hydrogens is 493 g/mol. The van der Waals surface area contributed by atoms with E-state index >= 15 is 0 Å². The molecule has 1 rings (SSSR count). The molecule has 0 saturated carbocycles. The SMILES string of the molecule is CN=C(NCCCCCCC(=O)OC)NCc1ccc(F)cc1C(F)(F)F.I. The first kappa shape index (κ1) is 26.4. The molecule has 1 aromatic carbocycles. The average molecular weight is 519 g/mol. The zero-order chi connectivity index (χ0) is 20.3. The van der Waals surface area contributed by atoms with Crippen molar-refractivity contribution in [1.82, 2.24) is 10.6 Å². The van der Waals surface area contributed by atoms with Crippen LogP contribution in [0.15, 0.2) is 23.2 Å². The third-order valence-electron chi connectivity index (χ3n) is 3.87. The van der Waals surface area contributed by atoms with E-state index in [0.29, 0.717) is 25.0 Å². The van der Waals surface area contributed by atoms with Gasteiger partial charge in [0.1, 0.15) is 5.82 Å². The Balaban J connectivity index is 0.00000729. The number of hydrogen-bond acceptors (Lipinski definition) is 3. The highest BCUT2D eigenvalue weighted by molar-refractivity contribution is 14.0. The second-order valence-corrected chi connectivity index (χ2v) is 5.89. The number of hydrogen-bond donors (Lipinski definition) is 2. The lowest BCUT2D eigenvalue weighted by Gasteiger charge is -2.16. The van der Waals surface area contributed by atoms with Gasteiger partial charge in [-0.3, -0.25) is 9.79 Å². The maximum absolute atomic E-state index is 13.1. The number of rotatable bonds is 9. The number of guanidine groups is 1. The zero-order valence-corrected chi connectivity index (χ0v) is 18.2. The van der Waals surface area contributed by atoms with Crippen LogP contribution in [-0.2, 0) is 22.3 Å². The highest BCUT2D eigenvalue weighted by Crippen LogP contribution is 2.32. The maximum atomic E-state index is 13.1. The standard InChI is InChI=1S/C18H25F4N3O2.HI/c1-23-17(24-10-6-4-3-5-7-16(26)27-2)25-12-13-8-9-14(19)11-15(13)18(20,21)22;/h8-9,11H,3-7,10,12H2,1-2H3,(H2,23,24,25);1H. The third kappa shape index (κ3) is 10.1. The predicted octanol–water partition coefficient (Wildman–Crippen LogP) is 4.25. The lowest BCUT2D eigenvalue weighted by molar-refractivity contribution is -0.141. The van der Waals surface area contributed by atoms with E-state index in [4.69, 9.17) is 0 Å². The Morgan fingerprint density at radius 2 is 1.82 bits per heavy atom. The van der Waals surface area contributed by atoms with Crippen LogP contribution >= 0.6 is 24.0 Å². The first-order valence-corrected chi connectivity index (χ1v) is 8.65. The zero-order valence-electron chi connectivity index (χ0n) is 15.9. The molecule has 2 N–H and O–H groups in total. The van der Waals surface area contributed by atoms with Gasteiger partial charge >= 0.3 is 12.1 Å². The molecule has 0 aromatic heterocycles. The fourth-order valence-electron chi connectivity index (χ4n) is 2.42. The fourth-order valence-corrected chi connectivity index (χ4v) is 2.42. The normalized spacial score (nSPS) is 11.6. The molecule has 0 spiro atoms. The molecule has 0 atom stereocenters. The number of ether oxygens (including phenoxy) is 1. The van der Waals surface area contributed by atoms with Crippen molar-refractivity contribution < 1.29 is 27.1 Å². The number of benzene rings is 1. The molecule has 0 amide bonds. The molecule has 0 unspecified atom stereocenters. The summed E-state index contributed by atoms with van der Waals surface area (Å²) in [5.74, 6) is -0.792. The molecule has 0 fully saturated rings. The van der Waals surface area contributed by atoms with E-state index in [2.05, 4.69) is 20.4 Å². The summed E-state index contributed by atoms with van der Waals surface area (Å²) in [6.07, 6.45) is -0.867. The number of aliphatic imine (C=N–C) groups is 1. The number of nitrogens with zero attached hydrogens (tertiary/aromatic N) is 1. The highest BCUT2D eigenvalue weighted by Gasteiger charge is 2.33. The molecule has 0 aliphatic heterocycles. The molecule has 0 bridgehead atoms. The van der Waals surface area contributed by atoms with Crippen molar-refractivity contribution in [3.05, 3.63) is 35.1 Å². The van der Waals surface area contributed by atoms with Crippen molar-refractivity contribution in [1.29, 1.82) is 0 Å². The summed E-state index contributed by atoms with van der Waals surface area (Å²) in [5.41, 5.74) is -1.06. The van der Waals surface area contributed by atoms with Crippen molar-refractivity contribution >= 4 is 35.9 Å². The van der Waals surface area contributed by atoms with Crippen LogP contribution in [0.25, 0.3) is 0 Å². The Morgan fingerprint density at radius 1 is 1.14 bits per heavy atom. The lowest BCUT2D eigenvalue weighted by Crippen LogP contribution is -2.37. The van der Waals surface area contributed by atoms with Crippen molar-refractivity contribution in [3.8, 4) is 0 Å². The van der Waals surface area contributed by atoms with Crippen LogP contribution in [0.4, 0.5) is 17.6 Å². The van der Waals surface area contributed by atoms with Crippen molar-refractivity contribution in [2.45, 2.75) is 44.8 Å². The fraction of sp³-hybridized carbons (Fsp3) is 0.556. The molecule has 0 saturated heterocycles. The van der Waals surface area contributed by atoms with Gasteiger partial charge in [-0.1, -0.05) is 18.9 Å². The first-order chi connectivity index (χ1) is 12.8. The predicted molar refractivity (Wildman–Crippen MR) is 110 cm³/mol. The van der Waals surface area contributed by atoms with E-state index < -0.39 is 17.6 Å². The summed E-state index contributed by atoms with van der Waals surface area (Å²) in [7, 11) is 2.87. The number of esters is 1. The first-order valence-electron chi connectivity index (χ1n) is 8.65. The molecule has 0 heterocycles. The van der Waals surface area contributed by atoms with Crippen molar-refractivity contribution in [3.63, 3.8) is 0 Å². The van der Waals surface area contributed by atoms with Crippen LogP contribution in [-0.4, -0.2) is 32.6 Å². The van der Waals surface area contributed by atoms with Crippen LogP contribution < -0.4 is 10.6 Å². The van der Waals surface area contributed by atoms with Gasteiger partial charge in [0.15, 0.2) is 5.96 Å². The third-order valence-corrected chi connectivity index (χ3v) is 3.87. The largest absolute Gasteiger partial charge is 0.469 e. The van der Waals surface area contributed by atoms with E-state index in [9.17, 15) is 22.4 Å². The van der Waals surface area contributed by atoms with Gasteiger partial charge in [0.25, 0.3) is 0 Å². The Labute approximate surface area is 179 Å². The molecule has 160 valence electrons. The van der Waals surface area contributed by atoms with Crippen LogP contribution in [0.2, 0.25) is 0 Å². The molecule has 0 radical (unpaired) electrons. The van der Waals surface area contributed by atoms with E-state index in [-0.39, 0.29) is 42.1 Å². The van der Waals surface area contributed by atoms with E-state index in [0.717, 1.165) is 37.8 Å². The molecule has 0 aliphatic carbocycles. The van der Waals surface area contributed by atoms with Gasteiger partial charge < -0.3 is 15.4 Å². The van der Waals surface area contributed by atoms with E-state index in [1.54, 1.807) is 0 Å². The topological polar surface area (TPSA) is 62.7 Å². The summed E-state index contributed by atoms with van der Waals surface area (Å²) in [4.78, 5) is 14.9. The minimum absolute atomic E-state index is 0. The number of carbonyl (C=O) groups is 1. The van der Waals surface area contributed by atoms with Gasteiger partial charge in [0.05, 0.1) is 12.7 Å². The number of halogens is 5. The molecular formula is C18H26F4IN3O2. The minimum Gasteiger partial charge on any atom is -0.469 e. The molecule has 5 nitrogen and oxygen atoms in total. The van der Waals surface area contributed by atoms with Crippen LogP contribution in [0.1, 0.15) is 43.2 Å². The summed E-state index contributed by atoms with van der Waals surface area (Å²) in [5, 5.41) is 5.81. The highest BCUT2D eigenvalue weighted by atomic mass is 127. The second-order valence-electron chi connectivity index (χ2n) is 5.89. The summed E-state index contributed by atoms with van der Waals surface area (Å²) < 4.78 is 56.6. The van der Waals surface area contributed by atoms with Gasteiger partial charge in [0.2, 0.25) is 0 Å². The minimum atomic E-state index is -4.62. The van der Waals surface area contributed by atoms with Gasteiger partial charge in [0, 0.05) is 26.6 Å². The number of unbranched alkanes of at least 4 members (excludes halogenated alkanes) is 3. The smallest absolute Gasteiger partial charge is 0.416 e. The molecule has 1 aromatic rings. The Bertz CT molecular complexity index is 640. The van der Waals surface area contributed by atoms with E-state index in [1.165, 1.54) is 14.2 Å². The summed E-state index contributed by atoms with van der Waals surface area (Å²) >= 11 is 0. The number of methoxy groups -OCH3 is 1. The summed E-state index contributed by atoms with van der Waals surface area (Å²) in [6, 6.07) is 2.60. The second kappa shape index (κ2) is 13.6. The Hall–Kier alpha value is -1.59. The van der Waals surface area contributed by atoms with Crippen molar-refractivity contribution in [2.75, 3.05) is 20.7 Å². The quantitative estimate of drug-likeness (QED) is 0.128. The maximum Gasteiger partial charge on any atom is 0.416 e. The Morgan fingerprint density at radius 3 is 2.43 bits per heavy atom. The number of nitrogens with one attached hydrogen (secondary N) is 2. The Kier molecular flexibility index (Phi) is 12.8. The monoisotopic (exact) mass is 519 g/mol. The molecule has 28 heavy (non-hydrogen) atoms. The van der Waals surface area contributed by atoms with Gasteiger partial charge in [-0.2, -0.15) is 13.2 Å². The van der Waals surface area contributed by atoms with Crippen molar-refractivity contribution in [2.24, 2.45) is 4.99 Å². The van der Waals surface area contributed by atoms with E-state index in [1.807, 2.05) is 0 Å².